The van der Waals surface area contributed by atoms with Crippen molar-refractivity contribution in [3.05, 3.63) is 92.7 Å². The maximum atomic E-state index is 11.2. The third-order valence-corrected chi connectivity index (χ3v) is 5.31. The second-order valence-corrected chi connectivity index (χ2v) is 7.67. The molecule has 8 heteroatoms. The molecule has 0 amide bonds. The van der Waals surface area contributed by atoms with Gasteiger partial charge in [0.05, 0.1) is 23.4 Å². The topological polar surface area (TPSA) is 88.6 Å². The SMILES string of the molecule is C=C(C)CN=c1scc(-c2cccc([N+](=O)[O-])c2)n1N=Cc1c[nH]c2ccccc12. The van der Waals surface area contributed by atoms with Crippen molar-refractivity contribution in [2.45, 2.75) is 6.92 Å². The molecule has 0 aliphatic heterocycles. The van der Waals surface area contributed by atoms with Gasteiger partial charge < -0.3 is 4.98 Å². The van der Waals surface area contributed by atoms with Crippen LogP contribution in [0.15, 0.2) is 82.4 Å². The Hall–Kier alpha value is -3.78. The molecule has 4 rings (SSSR count). The number of nitro groups is 1. The smallest absolute Gasteiger partial charge is 0.270 e. The summed E-state index contributed by atoms with van der Waals surface area (Å²) in [7, 11) is 0. The Morgan fingerprint density at radius 3 is 2.93 bits per heavy atom. The lowest BCUT2D eigenvalue weighted by Gasteiger charge is -2.04. The van der Waals surface area contributed by atoms with E-state index >= 15 is 0 Å². The second-order valence-electron chi connectivity index (χ2n) is 6.83. The molecule has 0 aliphatic rings. The number of aromatic nitrogens is 2. The van der Waals surface area contributed by atoms with Crippen LogP contribution in [0.5, 0.6) is 0 Å². The van der Waals surface area contributed by atoms with Crippen molar-refractivity contribution in [2.24, 2.45) is 10.1 Å². The number of nitro benzene ring substituents is 1. The van der Waals surface area contributed by atoms with Crippen molar-refractivity contribution >= 4 is 34.1 Å². The van der Waals surface area contributed by atoms with Crippen LogP contribution in [0, 0.1) is 10.1 Å². The van der Waals surface area contributed by atoms with E-state index in [0.29, 0.717) is 16.9 Å². The van der Waals surface area contributed by atoms with Crippen LogP contribution in [0.4, 0.5) is 5.69 Å². The molecule has 0 radical (unpaired) electrons. The lowest BCUT2D eigenvalue weighted by atomic mass is 10.1. The van der Waals surface area contributed by atoms with Crippen molar-refractivity contribution in [3.8, 4) is 11.3 Å². The number of nitrogens with zero attached hydrogens (tertiary/aromatic N) is 4. The highest BCUT2D eigenvalue weighted by Crippen LogP contribution is 2.24. The standard InChI is InChI=1S/C22H19N5O2S/c1-15(2)11-24-22-26(25-13-17-12-23-20-9-4-3-8-19(17)20)21(14-30-22)16-6-5-7-18(10-16)27(28)29/h3-10,12-14,23H,1,11H2,2H3. The van der Waals surface area contributed by atoms with E-state index in [9.17, 15) is 10.1 Å². The number of nitrogens with one attached hydrogen (secondary N) is 1. The molecular formula is C22H19N5O2S. The fourth-order valence-corrected chi connectivity index (χ4v) is 3.86. The molecule has 2 heterocycles. The Morgan fingerprint density at radius 2 is 2.13 bits per heavy atom. The molecule has 7 nitrogen and oxygen atoms in total. The van der Waals surface area contributed by atoms with Crippen LogP contribution in [0.3, 0.4) is 0 Å². The summed E-state index contributed by atoms with van der Waals surface area (Å²) >= 11 is 1.43. The number of para-hydroxylation sites is 1. The van der Waals surface area contributed by atoms with Gasteiger partial charge in [0.25, 0.3) is 5.69 Å². The van der Waals surface area contributed by atoms with Gasteiger partial charge in [-0.15, -0.1) is 11.3 Å². The van der Waals surface area contributed by atoms with Gasteiger partial charge in [-0.1, -0.05) is 42.5 Å². The van der Waals surface area contributed by atoms with E-state index in [1.54, 1.807) is 23.0 Å². The summed E-state index contributed by atoms with van der Waals surface area (Å²) in [6, 6.07) is 14.5. The maximum absolute atomic E-state index is 11.2. The summed E-state index contributed by atoms with van der Waals surface area (Å²) in [6.45, 7) is 6.30. The molecule has 0 unspecified atom stereocenters. The summed E-state index contributed by atoms with van der Waals surface area (Å²) in [5.74, 6) is 0. The predicted octanol–water partition coefficient (Wildman–Crippen LogP) is 4.97. The Balaban J connectivity index is 1.83. The first-order chi connectivity index (χ1) is 14.5. The van der Waals surface area contributed by atoms with Crippen LogP contribution in [0.25, 0.3) is 22.2 Å². The van der Waals surface area contributed by atoms with Crippen molar-refractivity contribution < 1.29 is 4.92 Å². The summed E-state index contributed by atoms with van der Waals surface area (Å²) in [6.07, 6.45) is 3.67. The lowest BCUT2D eigenvalue weighted by molar-refractivity contribution is -0.384. The Labute approximate surface area is 176 Å². The molecule has 1 N–H and O–H groups in total. The summed E-state index contributed by atoms with van der Waals surface area (Å²) in [5, 5.41) is 18.8. The highest BCUT2D eigenvalue weighted by Gasteiger charge is 2.12. The van der Waals surface area contributed by atoms with Gasteiger partial charge in [-0.2, -0.15) is 5.10 Å². The third kappa shape index (κ3) is 3.99. The normalized spacial score (nSPS) is 12.1. The molecule has 0 aliphatic carbocycles. The minimum atomic E-state index is -0.401. The highest BCUT2D eigenvalue weighted by molar-refractivity contribution is 7.07. The van der Waals surface area contributed by atoms with Gasteiger partial charge in [-0.25, -0.2) is 4.68 Å². The number of H-pyrrole nitrogens is 1. The van der Waals surface area contributed by atoms with E-state index in [4.69, 9.17) is 0 Å². The zero-order valence-electron chi connectivity index (χ0n) is 16.3. The first-order valence-electron chi connectivity index (χ1n) is 9.23. The third-order valence-electron chi connectivity index (χ3n) is 4.46. The number of thiazole rings is 1. The highest BCUT2D eigenvalue weighted by atomic mass is 32.1. The number of rotatable bonds is 6. The summed E-state index contributed by atoms with van der Waals surface area (Å²) in [5.41, 5.74) is 4.38. The van der Waals surface area contributed by atoms with Gasteiger partial charge in [0.1, 0.15) is 0 Å². The average molecular weight is 417 g/mol. The molecule has 0 bridgehead atoms. The Morgan fingerprint density at radius 1 is 1.30 bits per heavy atom. The van der Waals surface area contributed by atoms with Gasteiger partial charge in [-0.05, 0) is 13.0 Å². The predicted molar refractivity (Wildman–Crippen MR) is 121 cm³/mol. The van der Waals surface area contributed by atoms with Crippen LogP contribution >= 0.6 is 11.3 Å². The van der Waals surface area contributed by atoms with E-state index in [1.165, 1.54) is 17.4 Å². The number of aromatic amines is 1. The van der Waals surface area contributed by atoms with Crippen LogP contribution < -0.4 is 4.80 Å². The van der Waals surface area contributed by atoms with Crippen LogP contribution in [-0.2, 0) is 0 Å². The summed E-state index contributed by atoms with van der Waals surface area (Å²) < 4.78 is 1.72. The minimum absolute atomic E-state index is 0.0336. The van der Waals surface area contributed by atoms with Gasteiger partial charge in [0, 0.05) is 45.7 Å². The number of hydrogen-bond acceptors (Lipinski definition) is 5. The number of benzene rings is 2. The number of non-ortho nitro benzene ring substituents is 1. The van der Waals surface area contributed by atoms with Crippen molar-refractivity contribution in [3.63, 3.8) is 0 Å². The average Bonchev–Trinajstić information content (AvgIpc) is 3.34. The molecular weight excluding hydrogens is 398 g/mol. The van der Waals surface area contributed by atoms with Gasteiger partial charge in [0.15, 0.2) is 0 Å². The van der Waals surface area contributed by atoms with Crippen molar-refractivity contribution in [2.75, 3.05) is 6.54 Å². The van der Waals surface area contributed by atoms with Gasteiger partial charge >= 0.3 is 0 Å². The molecule has 4 aromatic rings. The van der Waals surface area contributed by atoms with E-state index in [2.05, 4.69) is 21.7 Å². The molecule has 150 valence electrons. The molecule has 30 heavy (non-hydrogen) atoms. The van der Waals surface area contributed by atoms with E-state index in [0.717, 1.165) is 27.7 Å². The van der Waals surface area contributed by atoms with Crippen molar-refractivity contribution in [1.29, 1.82) is 0 Å². The number of hydrogen-bond donors (Lipinski definition) is 1. The molecule has 0 atom stereocenters. The van der Waals surface area contributed by atoms with E-state index in [-0.39, 0.29) is 5.69 Å². The van der Waals surface area contributed by atoms with Crippen LogP contribution in [0.2, 0.25) is 0 Å². The molecule has 0 spiro atoms. The van der Waals surface area contributed by atoms with Crippen LogP contribution in [0.1, 0.15) is 12.5 Å². The monoisotopic (exact) mass is 417 g/mol. The zero-order valence-corrected chi connectivity index (χ0v) is 17.1. The maximum Gasteiger partial charge on any atom is 0.270 e. The quantitative estimate of drug-likeness (QED) is 0.208. The lowest BCUT2D eigenvalue weighted by Crippen LogP contribution is -2.13. The van der Waals surface area contributed by atoms with Gasteiger partial charge in [0.2, 0.25) is 4.80 Å². The molecule has 2 aromatic carbocycles. The summed E-state index contributed by atoms with van der Waals surface area (Å²) in [4.78, 5) is 19.3. The largest absolute Gasteiger partial charge is 0.361 e. The minimum Gasteiger partial charge on any atom is -0.361 e. The first kappa shape index (κ1) is 19.5. The molecule has 2 aromatic heterocycles. The fourth-order valence-electron chi connectivity index (χ4n) is 3.02. The Bertz CT molecular complexity index is 1340. The van der Waals surface area contributed by atoms with Gasteiger partial charge in [-0.3, -0.25) is 15.1 Å². The van der Waals surface area contributed by atoms with E-state index < -0.39 is 4.92 Å². The van der Waals surface area contributed by atoms with E-state index in [1.807, 2.05) is 48.8 Å². The van der Waals surface area contributed by atoms with Crippen LogP contribution in [-0.4, -0.2) is 27.3 Å². The second kappa shape index (κ2) is 8.30. The molecule has 0 saturated heterocycles. The molecule has 0 saturated carbocycles. The number of fused-ring (bicyclic) bond motifs is 1. The fraction of sp³-hybridized carbons (Fsp3) is 0.0909. The zero-order chi connectivity index (χ0) is 21.1. The van der Waals surface area contributed by atoms with Crippen molar-refractivity contribution in [1.82, 2.24) is 9.66 Å². The molecule has 0 fully saturated rings. The first-order valence-corrected chi connectivity index (χ1v) is 10.1. The Kier molecular flexibility index (Phi) is 5.40.